The molecule has 1 aromatic heterocycles. The van der Waals surface area contributed by atoms with E-state index in [2.05, 4.69) is 16.0 Å². The molecule has 4 rings (SSSR count). The maximum Gasteiger partial charge on any atom is 0.310 e. The molecule has 2 atom stereocenters. The maximum atomic E-state index is 12.3. The first-order chi connectivity index (χ1) is 11.2. The summed E-state index contributed by atoms with van der Waals surface area (Å²) in [5.74, 6) is 0.674. The minimum Gasteiger partial charge on any atom is -0.497 e. The van der Waals surface area contributed by atoms with E-state index in [-0.39, 0.29) is 30.3 Å². The normalized spacial score (nSPS) is 23.1. The molecule has 0 amide bonds. The minimum atomic E-state index is -0.0937. The van der Waals surface area contributed by atoms with Crippen LogP contribution in [0, 0.1) is 5.92 Å². The van der Waals surface area contributed by atoms with Gasteiger partial charge in [-0.15, -0.1) is 12.4 Å². The smallest absolute Gasteiger partial charge is 0.310 e. The number of carbonyl (C=O) groups is 1. The Morgan fingerprint density at radius 1 is 1.29 bits per heavy atom. The quantitative estimate of drug-likeness (QED) is 0.846. The molecule has 2 aliphatic rings. The van der Waals surface area contributed by atoms with Crippen molar-refractivity contribution in [3.63, 3.8) is 0 Å². The van der Waals surface area contributed by atoms with Crippen LogP contribution in [0.3, 0.4) is 0 Å². The molecule has 5 nitrogen and oxygen atoms in total. The second-order valence-corrected chi connectivity index (χ2v) is 6.43. The lowest BCUT2D eigenvalue weighted by atomic mass is 9.82. The number of H-pyrrole nitrogens is 1. The highest BCUT2D eigenvalue weighted by Crippen LogP contribution is 2.43. The number of rotatable bonds is 2. The molecule has 0 spiro atoms. The number of piperidine rings is 1. The number of methoxy groups -OCH3 is 2. The van der Waals surface area contributed by atoms with Crippen molar-refractivity contribution in [2.45, 2.75) is 25.3 Å². The fourth-order valence-electron chi connectivity index (χ4n) is 4.26. The minimum absolute atomic E-state index is 0. The van der Waals surface area contributed by atoms with Gasteiger partial charge in [0.1, 0.15) is 5.75 Å². The summed E-state index contributed by atoms with van der Waals surface area (Å²) in [6.45, 7) is 2.06. The average molecular weight is 351 g/mol. The zero-order chi connectivity index (χ0) is 16.0. The molecule has 2 aliphatic heterocycles. The third kappa shape index (κ3) is 2.56. The number of halogens is 1. The van der Waals surface area contributed by atoms with Gasteiger partial charge in [-0.2, -0.15) is 0 Å². The molecule has 130 valence electrons. The summed E-state index contributed by atoms with van der Waals surface area (Å²) in [5.41, 5.74) is 3.62. The van der Waals surface area contributed by atoms with Crippen molar-refractivity contribution in [1.82, 2.24) is 9.88 Å². The van der Waals surface area contributed by atoms with Crippen LogP contribution in [0.2, 0.25) is 0 Å². The average Bonchev–Trinajstić information content (AvgIpc) is 2.98. The summed E-state index contributed by atoms with van der Waals surface area (Å²) in [7, 11) is 3.17. The molecule has 1 saturated heterocycles. The first-order valence-corrected chi connectivity index (χ1v) is 8.23. The van der Waals surface area contributed by atoms with E-state index in [1.54, 1.807) is 7.11 Å². The van der Waals surface area contributed by atoms with Crippen LogP contribution in [-0.4, -0.2) is 43.2 Å². The number of nitrogens with one attached hydrogen (secondary N) is 1. The lowest BCUT2D eigenvalue weighted by Gasteiger charge is -2.42. The van der Waals surface area contributed by atoms with Crippen LogP contribution in [0.25, 0.3) is 10.9 Å². The van der Waals surface area contributed by atoms with Crippen molar-refractivity contribution in [1.29, 1.82) is 0 Å². The second-order valence-electron chi connectivity index (χ2n) is 6.43. The van der Waals surface area contributed by atoms with E-state index in [0.29, 0.717) is 0 Å². The van der Waals surface area contributed by atoms with Crippen molar-refractivity contribution >= 4 is 29.3 Å². The number of fused-ring (bicyclic) bond motifs is 5. The Hall–Kier alpha value is -1.72. The number of ether oxygens (including phenoxy) is 2. The molecule has 24 heavy (non-hydrogen) atoms. The first-order valence-electron chi connectivity index (χ1n) is 8.23. The van der Waals surface area contributed by atoms with Gasteiger partial charge in [-0.1, -0.05) is 0 Å². The Morgan fingerprint density at radius 2 is 2.12 bits per heavy atom. The van der Waals surface area contributed by atoms with E-state index in [4.69, 9.17) is 9.47 Å². The van der Waals surface area contributed by atoms with Gasteiger partial charge < -0.3 is 14.5 Å². The van der Waals surface area contributed by atoms with Crippen LogP contribution >= 0.6 is 12.4 Å². The lowest BCUT2D eigenvalue weighted by Crippen LogP contribution is -2.45. The Balaban J connectivity index is 0.00000169. The molecular weight excluding hydrogens is 328 g/mol. The Morgan fingerprint density at radius 3 is 2.88 bits per heavy atom. The second kappa shape index (κ2) is 6.65. The standard InChI is InChI=1S/C18H22N2O3.ClH/c1-22-11-5-6-12-13-7-9-20-8-3-4-14(18(21)23-2)17(20)16(13)19-15(12)10-11;/h5-6,10,14,17,19H,3-4,7-9H2,1-2H3;1H/t14-,17+;/m1./s1. The summed E-state index contributed by atoms with van der Waals surface area (Å²) in [6.07, 6.45) is 2.97. The van der Waals surface area contributed by atoms with Crippen LogP contribution in [0.5, 0.6) is 5.75 Å². The number of hydrogen-bond acceptors (Lipinski definition) is 4. The molecule has 2 aromatic rings. The van der Waals surface area contributed by atoms with Crippen molar-refractivity contribution in [3.05, 3.63) is 29.5 Å². The highest BCUT2D eigenvalue weighted by atomic mass is 35.5. The molecule has 1 aromatic carbocycles. The third-order valence-corrected chi connectivity index (χ3v) is 5.33. The van der Waals surface area contributed by atoms with Crippen molar-refractivity contribution in [2.24, 2.45) is 5.92 Å². The molecular formula is C18H23ClN2O3. The Kier molecular flexibility index (Phi) is 4.74. The van der Waals surface area contributed by atoms with E-state index in [9.17, 15) is 4.79 Å². The number of nitrogens with zero attached hydrogens (tertiary/aromatic N) is 1. The predicted octanol–water partition coefficient (Wildman–Crippen LogP) is 3.08. The molecule has 0 radical (unpaired) electrons. The van der Waals surface area contributed by atoms with Crippen LogP contribution in [0.4, 0.5) is 0 Å². The fraction of sp³-hybridized carbons (Fsp3) is 0.500. The molecule has 1 fully saturated rings. The van der Waals surface area contributed by atoms with Gasteiger partial charge in [0.25, 0.3) is 0 Å². The zero-order valence-electron chi connectivity index (χ0n) is 14.0. The van der Waals surface area contributed by atoms with Gasteiger partial charge in [-0.05, 0) is 43.5 Å². The molecule has 0 aliphatic carbocycles. The summed E-state index contributed by atoms with van der Waals surface area (Å²) in [6, 6.07) is 6.27. The summed E-state index contributed by atoms with van der Waals surface area (Å²) >= 11 is 0. The Bertz CT molecular complexity index is 758. The molecule has 0 saturated carbocycles. The third-order valence-electron chi connectivity index (χ3n) is 5.33. The SMILES string of the molecule is COC(=O)[C@@H]1CCCN2CCc3c([nH]c4cc(OC)ccc34)[C@H]12.Cl. The van der Waals surface area contributed by atoms with E-state index >= 15 is 0 Å². The van der Waals surface area contributed by atoms with E-state index in [0.717, 1.165) is 43.6 Å². The zero-order valence-corrected chi connectivity index (χ0v) is 14.8. The van der Waals surface area contributed by atoms with Crippen LogP contribution in [0.1, 0.15) is 30.1 Å². The van der Waals surface area contributed by atoms with Crippen molar-refractivity contribution in [2.75, 3.05) is 27.3 Å². The van der Waals surface area contributed by atoms with Gasteiger partial charge in [-0.3, -0.25) is 9.69 Å². The van der Waals surface area contributed by atoms with Crippen molar-refractivity contribution in [3.8, 4) is 5.75 Å². The lowest BCUT2D eigenvalue weighted by molar-refractivity contribution is -0.150. The molecule has 1 N–H and O–H groups in total. The van der Waals surface area contributed by atoms with E-state index in [1.807, 2.05) is 12.1 Å². The van der Waals surface area contributed by atoms with E-state index in [1.165, 1.54) is 23.8 Å². The van der Waals surface area contributed by atoms with Gasteiger partial charge >= 0.3 is 5.97 Å². The fourth-order valence-corrected chi connectivity index (χ4v) is 4.26. The number of carbonyl (C=O) groups excluding carboxylic acids is 1. The van der Waals surface area contributed by atoms with Crippen LogP contribution < -0.4 is 4.74 Å². The summed E-state index contributed by atoms with van der Waals surface area (Å²) in [5, 5.41) is 1.25. The number of benzene rings is 1. The van der Waals surface area contributed by atoms with Gasteiger partial charge in [0.05, 0.1) is 26.2 Å². The number of esters is 1. The molecule has 0 bridgehead atoms. The summed E-state index contributed by atoms with van der Waals surface area (Å²) in [4.78, 5) is 18.3. The molecule has 3 heterocycles. The first kappa shape index (κ1) is 17.1. The maximum absolute atomic E-state index is 12.3. The monoisotopic (exact) mass is 350 g/mol. The Labute approximate surface area is 147 Å². The van der Waals surface area contributed by atoms with Crippen LogP contribution in [0.15, 0.2) is 18.2 Å². The topological polar surface area (TPSA) is 54.6 Å². The predicted molar refractivity (Wildman–Crippen MR) is 94.9 cm³/mol. The largest absolute Gasteiger partial charge is 0.497 e. The molecule has 6 heteroatoms. The van der Waals surface area contributed by atoms with E-state index < -0.39 is 0 Å². The number of hydrogen-bond donors (Lipinski definition) is 1. The summed E-state index contributed by atoms with van der Waals surface area (Å²) < 4.78 is 10.4. The number of aromatic nitrogens is 1. The molecule has 0 unspecified atom stereocenters. The van der Waals surface area contributed by atoms with Gasteiger partial charge in [0.15, 0.2) is 0 Å². The number of aromatic amines is 1. The van der Waals surface area contributed by atoms with Gasteiger partial charge in [0, 0.05) is 29.2 Å². The highest BCUT2D eigenvalue weighted by molar-refractivity contribution is 5.87. The van der Waals surface area contributed by atoms with Crippen molar-refractivity contribution < 1.29 is 14.3 Å². The highest BCUT2D eigenvalue weighted by Gasteiger charge is 2.42. The van der Waals surface area contributed by atoms with Gasteiger partial charge in [-0.25, -0.2) is 0 Å². The van der Waals surface area contributed by atoms with Crippen LogP contribution in [-0.2, 0) is 16.0 Å². The van der Waals surface area contributed by atoms with Gasteiger partial charge in [0.2, 0.25) is 0 Å².